The van der Waals surface area contributed by atoms with Gasteiger partial charge in [-0.2, -0.15) is 4.72 Å². The van der Waals surface area contributed by atoms with Crippen LogP contribution in [0.3, 0.4) is 0 Å². The maximum absolute atomic E-state index is 12.1. The Morgan fingerprint density at radius 2 is 1.68 bits per heavy atom. The van der Waals surface area contributed by atoms with Crippen molar-refractivity contribution >= 4 is 27.5 Å². The molecule has 0 aliphatic carbocycles. The summed E-state index contributed by atoms with van der Waals surface area (Å²) in [5, 5.41) is 0.468. The number of sulfonamides is 1. The van der Waals surface area contributed by atoms with Crippen LogP contribution in [0.5, 0.6) is 0 Å². The molecule has 0 spiro atoms. The highest BCUT2D eigenvalue weighted by molar-refractivity contribution is 7.89. The van der Waals surface area contributed by atoms with Crippen LogP contribution in [0.25, 0.3) is 0 Å². The third-order valence-electron chi connectivity index (χ3n) is 3.25. The highest BCUT2D eigenvalue weighted by Gasteiger charge is 2.12. The van der Waals surface area contributed by atoms with Gasteiger partial charge < -0.3 is 4.90 Å². The summed E-state index contributed by atoms with van der Waals surface area (Å²) in [6, 6.07) is 12.7. The Balaban J connectivity index is 1.98. The summed E-state index contributed by atoms with van der Waals surface area (Å²) in [6.07, 6.45) is 0. The fourth-order valence-electron chi connectivity index (χ4n) is 1.93. The predicted octanol–water partition coefficient (Wildman–Crippen LogP) is 2.37. The largest absolute Gasteiger partial charge is 0.345 e. The molecule has 0 aliphatic heterocycles. The van der Waals surface area contributed by atoms with Gasteiger partial charge in [-0.1, -0.05) is 23.4 Å². The van der Waals surface area contributed by atoms with Crippen LogP contribution in [0.2, 0.25) is 5.02 Å². The molecule has 0 atom stereocenters. The number of hydrogen-bond acceptors (Lipinski definition) is 3. The molecule has 0 heterocycles. The van der Waals surface area contributed by atoms with E-state index in [1.54, 1.807) is 38.4 Å². The molecule has 25 heavy (non-hydrogen) atoms. The topological polar surface area (TPSA) is 66.5 Å². The number of carbonyl (C=O) groups is 1. The third-order valence-corrected chi connectivity index (χ3v) is 4.91. The molecule has 1 amide bonds. The van der Waals surface area contributed by atoms with Crippen molar-refractivity contribution in [1.29, 1.82) is 0 Å². The van der Waals surface area contributed by atoms with Gasteiger partial charge >= 0.3 is 0 Å². The van der Waals surface area contributed by atoms with Gasteiger partial charge in [-0.05, 0) is 48.5 Å². The van der Waals surface area contributed by atoms with Crippen LogP contribution < -0.4 is 4.72 Å². The minimum absolute atomic E-state index is 0.0245. The van der Waals surface area contributed by atoms with Crippen molar-refractivity contribution in [3.8, 4) is 11.8 Å². The summed E-state index contributed by atoms with van der Waals surface area (Å²) in [7, 11) is -0.254. The second-order valence-electron chi connectivity index (χ2n) is 5.36. The molecule has 0 saturated heterocycles. The summed E-state index contributed by atoms with van der Waals surface area (Å²) >= 11 is 5.74. The van der Waals surface area contributed by atoms with Crippen LogP contribution in [0, 0.1) is 11.8 Å². The van der Waals surface area contributed by atoms with E-state index >= 15 is 0 Å². The summed E-state index contributed by atoms with van der Waals surface area (Å²) < 4.78 is 26.6. The molecule has 5 nitrogen and oxygen atoms in total. The lowest BCUT2D eigenvalue weighted by molar-refractivity contribution is 0.0827. The molecule has 0 unspecified atom stereocenters. The highest BCUT2D eigenvalue weighted by atomic mass is 35.5. The first-order valence-corrected chi connectivity index (χ1v) is 9.21. The number of benzene rings is 2. The molecule has 7 heteroatoms. The molecule has 0 saturated carbocycles. The lowest BCUT2D eigenvalue weighted by Crippen LogP contribution is -2.23. The summed E-state index contributed by atoms with van der Waals surface area (Å²) in [6.45, 7) is -0.0245. The molecular formula is C18H17ClN2O3S. The first-order chi connectivity index (χ1) is 11.8. The highest BCUT2D eigenvalue weighted by Crippen LogP contribution is 2.13. The lowest BCUT2D eigenvalue weighted by atomic mass is 10.1. The number of nitrogens with zero attached hydrogens (tertiary/aromatic N) is 1. The van der Waals surface area contributed by atoms with Gasteiger partial charge in [0.05, 0.1) is 11.4 Å². The molecular weight excluding hydrogens is 360 g/mol. The van der Waals surface area contributed by atoms with E-state index in [0.29, 0.717) is 16.1 Å². The Kier molecular flexibility index (Phi) is 6.21. The van der Waals surface area contributed by atoms with Gasteiger partial charge in [0.25, 0.3) is 5.91 Å². The van der Waals surface area contributed by atoms with E-state index in [4.69, 9.17) is 11.6 Å². The van der Waals surface area contributed by atoms with Crippen molar-refractivity contribution in [2.24, 2.45) is 0 Å². The van der Waals surface area contributed by atoms with Gasteiger partial charge in [0.15, 0.2) is 0 Å². The van der Waals surface area contributed by atoms with Crippen molar-refractivity contribution in [1.82, 2.24) is 9.62 Å². The standard InChI is InChI=1S/C18H17ClN2O3S/c1-21(2)18(22)15-7-5-14(6-8-15)4-3-13-20-25(23,24)17-11-9-16(19)10-12-17/h5-12,20H,13H2,1-2H3. The maximum atomic E-state index is 12.1. The van der Waals surface area contributed by atoms with Crippen molar-refractivity contribution in [3.63, 3.8) is 0 Å². The van der Waals surface area contributed by atoms with Crippen LogP contribution in [0.4, 0.5) is 0 Å². The molecule has 2 rings (SSSR count). The zero-order valence-corrected chi connectivity index (χ0v) is 15.4. The monoisotopic (exact) mass is 376 g/mol. The number of amides is 1. The van der Waals surface area contributed by atoms with Crippen molar-refractivity contribution in [3.05, 3.63) is 64.7 Å². The van der Waals surface area contributed by atoms with Crippen LogP contribution in [-0.4, -0.2) is 39.9 Å². The first-order valence-electron chi connectivity index (χ1n) is 7.35. The van der Waals surface area contributed by atoms with Gasteiger partial charge in [0, 0.05) is 30.2 Å². The molecule has 0 aromatic heterocycles. The van der Waals surface area contributed by atoms with Crippen molar-refractivity contribution in [2.45, 2.75) is 4.90 Å². The van der Waals surface area contributed by atoms with Gasteiger partial charge in [-0.15, -0.1) is 0 Å². The van der Waals surface area contributed by atoms with Gasteiger partial charge in [-0.3, -0.25) is 4.79 Å². The molecule has 0 aliphatic rings. The van der Waals surface area contributed by atoms with E-state index in [9.17, 15) is 13.2 Å². The molecule has 2 aromatic carbocycles. The Morgan fingerprint density at radius 1 is 1.08 bits per heavy atom. The zero-order valence-electron chi connectivity index (χ0n) is 13.8. The number of nitrogens with one attached hydrogen (secondary N) is 1. The fraction of sp³-hybridized carbons (Fsp3) is 0.167. The van der Waals surface area contributed by atoms with Crippen LogP contribution in [0.1, 0.15) is 15.9 Å². The molecule has 0 radical (unpaired) electrons. The Morgan fingerprint density at radius 3 is 2.24 bits per heavy atom. The third kappa shape index (κ3) is 5.33. The van der Waals surface area contributed by atoms with E-state index in [1.807, 2.05) is 0 Å². The summed E-state index contributed by atoms with van der Waals surface area (Å²) in [5.41, 5.74) is 1.26. The lowest BCUT2D eigenvalue weighted by Gasteiger charge is -2.09. The maximum Gasteiger partial charge on any atom is 0.253 e. The first kappa shape index (κ1) is 19.0. The quantitative estimate of drug-likeness (QED) is 0.833. The van der Waals surface area contributed by atoms with E-state index in [-0.39, 0.29) is 17.3 Å². The van der Waals surface area contributed by atoms with Crippen LogP contribution in [0.15, 0.2) is 53.4 Å². The van der Waals surface area contributed by atoms with E-state index in [0.717, 1.165) is 0 Å². The fourth-order valence-corrected chi connectivity index (χ4v) is 2.98. The number of carbonyl (C=O) groups excluding carboxylic acids is 1. The predicted molar refractivity (Wildman–Crippen MR) is 98.0 cm³/mol. The second kappa shape index (κ2) is 8.17. The molecule has 0 fully saturated rings. The van der Waals surface area contributed by atoms with Crippen LogP contribution >= 0.6 is 11.6 Å². The minimum atomic E-state index is -3.62. The average Bonchev–Trinajstić information content (AvgIpc) is 2.59. The van der Waals surface area contributed by atoms with Crippen LogP contribution in [-0.2, 0) is 10.0 Å². The Labute approximate surface area is 152 Å². The Bertz CT molecular complexity index is 910. The van der Waals surface area contributed by atoms with Crippen molar-refractivity contribution < 1.29 is 13.2 Å². The number of rotatable bonds is 4. The summed E-state index contributed by atoms with van der Waals surface area (Å²) in [4.78, 5) is 13.4. The molecule has 130 valence electrons. The summed E-state index contributed by atoms with van der Waals surface area (Å²) in [5.74, 6) is 5.51. The van der Waals surface area contributed by atoms with E-state index < -0.39 is 10.0 Å². The zero-order chi connectivity index (χ0) is 18.4. The molecule has 1 N–H and O–H groups in total. The van der Waals surface area contributed by atoms with Gasteiger partial charge in [0.1, 0.15) is 0 Å². The van der Waals surface area contributed by atoms with Gasteiger partial charge in [0.2, 0.25) is 10.0 Å². The second-order valence-corrected chi connectivity index (χ2v) is 7.56. The normalized spacial score (nSPS) is 10.7. The van der Waals surface area contributed by atoms with E-state index in [2.05, 4.69) is 16.6 Å². The Hall–Kier alpha value is -2.33. The van der Waals surface area contributed by atoms with Gasteiger partial charge in [-0.25, -0.2) is 8.42 Å². The minimum Gasteiger partial charge on any atom is -0.345 e. The number of halogens is 1. The SMILES string of the molecule is CN(C)C(=O)c1ccc(C#CCNS(=O)(=O)c2ccc(Cl)cc2)cc1. The molecule has 0 bridgehead atoms. The van der Waals surface area contributed by atoms with E-state index in [1.165, 1.54) is 29.2 Å². The smallest absolute Gasteiger partial charge is 0.253 e. The van der Waals surface area contributed by atoms with Crippen molar-refractivity contribution in [2.75, 3.05) is 20.6 Å². The molecule has 2 aromatic rings. The number of hydrogen-bond donors (Lipinski definition) is 1. The average molecular weight is 377 g/mol.